The normalized spacial score (nSPS) is 21.5. The van der Waals surface area contributed by atoms with Crippen molar-refractivity contribution in [2.24, 2.45) is 0 Å². The predicted octanol–water partition coefficient (Wildman–Crippen LogP) is 1.56. The molecule has 1 saturated heterocycles. The number of ether oxygens (including phenoxy) is 2. The fourth-order valence-corrected chi connectivity index (χ4v) is 6.84. The molecule has 0 radical (unpaired) electrons. The number of nitrogens with zero attached hydrogens (tertiary/aromatic N) is 6. The van der Waals surface area contributed by atoms with Crippen LogP contribution in [0.15, 0.2) is 43.0 Å². The quantitative estimate of drug-likeness (QED) is 0.165. The summed E-state index contributed by atoms with van der Waals surface area (Å²) >= 11 is 0. The Bertz CT molecular complexity index is 1410. The van der Waals surface area contributed by atoms with E-state index in [1.807, 2.05) is 33.8 Å². The van der Waals surface area contributed by atoms with Gasteiger partial charge in [-0.15, -0.1) is 0 Å². The highest BCUT2D eigenvalue weighted by Crippen LogP contribution is 2.51. The molecule has 1 aliphatic rings. The largest absolute Gasteiger partial charge is 0.405 e. The number of fused-ring (bicyclic) bond motifs is 1. The summed E-state index contributed by atoms with van der Waals surface area (Å²) in [6.45, 7) is 8.39. The lowest BCUT2D eigenvalue weighted by Gasteiger charge is -2.39. The molecule has 5 unspecified atom stereocenters. The van der Waals surface area contributed by atoms with Gasteiger partial charge in [0.2, 0.25) is 0 Å². The molecule has 0 saturated carbocycles. The van der Waals surface area contributed by atoms with Crippen molar-refractivity contribution in [1.82, 2.24) is 24.2 Å². The summed E-state index contributed by atoms with van der Waals surface area (Å²) in [5.74, 6) is -0.0856. The third-order valence-electron chi connectivity index (χ3n) is 6.93. The lowest BCUT2D eigenvalue weighted by atomic mass is 9.61. The van der Waals surface area contributed by atoms with E-state index in [4.69, 9.17) is 23.8 Å². The zero-order valence-corrected chi connectivity index (χ0v) is 26.4. The molecule has 43 heavy (non-hydrogen) atoms. The van der Waals surface area contributed by atoms with Gasteiger partial charge >= 0.3 is 0 Å². The first-order chi connectivity index (χ1) is 20.5. The van der Waals surface area contributed by atoms with Crippen molar-refractivity contribution in [3.05, 3.63) is 48.5 Å². The second-order valence-electron chi connectivity index (χ2n) is 11.3. The molecule has 1 aromatic carbocycles. The van der Waals surface area contributed by atoms with Crippen LogP contribution in [-0.2, 0) is 18.5 Å². The number of anilines is 1. The molecular weight excluding hydrogens is 571 g/mol. The first-order valence-corrected chi connectivity index (χ1v) is 15.3. The monoisotopic (exact) mass is 609 g/mol. The number of imidazole rings is 1. The Morgan fingerprint density at radius 1 is 1.21 bits per heavy atom. The lowest BCUT2D eigenvalue weighted by Crippen LogP contribution is -2.51. The minimum absolute atomic E-state index is 0.0757. The molecule has 16 heteroatoms. The Hall–Kier alpha value is -2.95. The van der Waals surface area contributed by atoms with Gasteiger partial charge in [0, 0.05) is 30.2 Å². The highest BCUT2D eigenvalue weighted by Gasteiger charge is 2.54. The van der Waals surface area contributed by atoms with Gasteiger partial charge in [0.25, 0.3) is 14.4 Å². The van der Waals surface area contributed by atoms with Gasteiger partial charge in [-0.05, 0) is 39.8 Å². The van der Waals surface area contributed by atoms with Gasteiger partial charge in [-0.25, -0.2) is 19.6 Å². The van der Waals surface area contributed by atoms with Crippen LogP contribution in [0.3, 0.4) is 0 Å². The number of methoxy groups -OCH3 is 1. The number of nitrogens with one attached hydrogen (secondary N) is 1. The van der Waals surface area contributed by atoms with Crippen LogP contribution in [0.2, 0.25) is 0 Å². The Morgan fingerprint density at radius 3 is 2.51 bits per heavy atom. The van der Waals surface area contributed by atoms with Gasteiger partial charge in [-0.2, -0.15) is 5.26 Å². The van der Waals surface area contributed by atoms with Crippen LogP contribution >= 0.6 is 8.53 Å². The topological polar surface area (TPSA) is 157 Å². The molecule has 1 fully saturated rings. The minimum Gasteiger partial charge on any atom is -0.405 e. The summed E-state index contributed by atoms with van der Waals surface area (Å²) < 4.78 is 29.1. The van der Waals surface area contributed by atoms with E-state index in [0.29, 0.717) is 16.7 Å². The van der Waals surface area contributed by atoms with Crippen LogP contribution in [0.1, 0.15) is 50.7 Å². The molecule has 5 atom stereocenters. The van der Waals surface area contributed by atoms with Crippen LogP contribution in [0.25, 0.3) is 11.2 Å². The summed E-state index contributed by atoms with van der Waals surface area (Å²) in [5.41, 5.74) is 1.24. The summed E-state index contributed by atoms with van der Waals surface area (Å²) in [4.78, 5) is 26.0. The number of aromatic nitrogens is 4. The number of rotatable bonds is 13. The van der Waals surface area contributed by atoms with Crippen molar-refractivity contribution in [2.45, 2.75) is 76.1 Å². The van der Waals surface area contributed by atoms with Crippen molar-refractivity contribution < 1.29 is 28.4 Å². The van der Waals surface area contributed by atoms with E-state index in [9.17, 15) is 9.90 Å². The lowest BCUT2D eigenvalue weighted by molar-refractivity contribution is -0.0756. The van der Waals surface area contributed by atoms with Crippen molar-refractivity contribution in [1.29, 1.82) is 5.26 Å². The zero-order chi connectivity index (χ0) is 31.3. The van der Waals surface area contributed by atoms with E-state index in [1.165, 1.54) is 6.33 Å². The van der Waals surface area contributed by atoms with Crippen molar-refractivity contribution in [3.8, 4) is 6.07 Å². The first kappa shape index (κ1) is 33.0. The molecule has 228 valence electrons. The first-order valence-electron chi connectivity index (χ1n) is 14.2. The summed E-state index contributed by atoms with van der Waals surface area (Å²) in [7, 11) is 3.18. The Kier molecular flexibility index (Phi) is 10.9. The molecule has 13 nitrogen and oxygen atoms in total. The Morgan fingerprint density at radius 2 is 1.91 bits per heavy atom. The standard InChI is InChI=1S/C27H38B2N7O6P/c1-16(2)36(17(3)4)43(40-13-9-12-30)42-20-21(39-5)26(41-22(20)27(28,29)38)35-15-33-19-23(31-14-32-24(19)35)34-25(37)18-10-7-6-8-11-18/h6-8,10-11,14-17,20-22,26,38H,9,13,28-29H2,1-5H3,(H,31,32,34,37). The summed E-state index contributed by atoms with van der Waals surface area (Å²) in [5, 5.41) is 21.8. The van der Waals surface area contributed by atoms with E-state index in [2.05, 4.69) is 31.0 Å². The van der Waals surface area contributed by atoms with E-state index < -0.39 is 38.5 Å². The molecule has 1 aliphatic heterocycles. The van der Waals surface area contributed by atoms with E-state index in [0.717, 1.165) is 0 Å². The van der Waals surface area contributed by atoms with E-state index >= 15 is 0 Å². The van der Waals surface area contributed by atoms with Crippen molar-refractivity contribution in [2.75, 3.05) is 19.0 Å². The third kappa shape index (κ3) is 7.41. The number of carbonyl (C=O) groups is 1. The molecule has 2 aromatic heterocycles. The van der Waals surface area contributed by atoms with E-state index in [1.54, 1.807) is 58.0 Å². The second-order valence-corrected chi connectivity index (χ2v) is 12.7. The molecule has 3 aromatic rings. The number of nitriles is 1. The third-order valence-corrected chi connectivity index (χ3v) is 9.06. The molecule has 4 rings (SSSR count). The number of hydrogen-bond acceptors (Lipinski definition) is 11. The average molecular weight is 609 g/mol. The fourth-order valence-electron chi connectivity index (χ4n) is 5.10. The van der Waals surface area contributed by atoms with Gasteiger partial charge in [-0.1, -0.05) is 18.2 Å². The molecule has 0 aliphatic carbocycles. The highest BCUT2D eigenvalue weighted by atomic mass is 31.2. The van der Waals surface area contributed by atoms with Crippen LogP contribution in [0.5, 0.6) is 0 Å². The van der Waals surface area contributed by atoms with Crippen LogP contribution in [-0.4, -0.2) is 100 Å². The zero-order valence-electron chi connectivity index (χ0n) is 25.5. The minimum atomic E-state index is -1.67. The van der Waals surface area contributed by atoms with Gasteiger partial charge in [0.1, 0.15) is 40.3 Å². The number of benzene rings is 1. The molecule has 2 N–H and O–H groups in total. The number of aliphatic hydroxyl groups is 1. The van der Waals surface area contributed by atoms with Gasteiger partial charge in [0.15, 0.2) is 23.2 Å². The molecule has 0 bridgehead atoms. The van der Waals surface area contributed by atoms with Crippen LogP contribution in [0.4, 0.5) is 5.82 Å². The molecular formula is C27H38B2N7O6P. The fraction of sp³-hybridized carbons (Fsp3) is 0.519. The Balaban J connectivity index is 1.68. The SMILES string of the molecule is BC(B)(O)C1OC(n2cnc3c(NC(=O)c4ccccc4)ncnc32)C(OC)C1OP(OCCC#N)N(C(C)C)C(C)C. The van der Waals surface area contributed by atoms with Gasteiger partial charge in [-0.3, -0.25) is 9.36 Å². The Labute approximate surface area is 254 Å². The smallest absolute Gasteiger partial charge is 0.259 e. The maximum Gasteiger partial charge on any atom is 0.259 e. The highest BCUT2D eigenvalue weighted by molar-refractivity contribution is 7.44. The molecule has 0 spiro atoms. The molecule has 1 amide bonds. The maximum atomic E-state index is 12.8. The number of amides is 1. The number of hydrogen-bond donors (Lipinski definition) is 2. The van der Waals surface area contributed by atoms with Crippen molar-refractivity contribution >= 4 is 47.1 Å². The average Bonchev–Trinajstić information content (AvgIpc) is 3.55. The predicted molar refractivity (Wildman–Crippen MR) is 167 cm³/mol. The second kappa shape index (κ2) is 14.2. The van der Waals surface area contributed by atoms with Gasteiger partial charge < -0.3 is 28.9 Å². The summed E-state index contributed by atoms with van der Waals surface area (Å²) in [6, 6.07) is 11.1. The maximum absolute atomic E-state index is 12.8. The van der Waals surface area contributed by atoms with Crippen LogP contribution in [0, 0.1) is 11.3 Å². The summed E-state index contributed by atoms with van der Waals surface area (Å²) in [6.07, 6.45) is -0.0145. The van der Waals surface area contributed by atoms with Crippen LogP contribution < -0.4 is 5.32 Å². The number of carbonyl (C=O) groups excluding carboxylic acids is 1. The van der Waals surface area contributed by atoms with E-state index in [-0.39, 0.29) is 36.8 Å². The molecule has 3 heterocycles. The van der Waals surface area contributed by atoms with Crippen molar-refractivity contribution in [3.63, 3.8) is 0 Å². The van der Waals surface area contributed by atoms with Gasteiger partial charge in [0.05, 0.1) is 25.4 Å².